The number of nitrogens with zero attached hydrogens (tertiary/aromatic N) is 8. The second-order valence-electron chi connectivity index (χ2n) is 12.0. The van der Waals surface area contributed by atoms with Gasteiger partial charge in [-0.25, -0.2) is 10.2 Å². The fraction of sp³-hybridized carbons (Fsp3) is 0.538. The van der Waals surface area contributed by atoms with Crippen molar-refractivity contribution in [3.8, 4) is 11.6 Å². The van der Waals surface area contributed by atoms with Crippen molar-refractivity contribution in [2.24, 2.45) is 0 Å². The summed E-state index contributed by atoms with van der Waals surface area (Å²) in [6.45, 7) is 21.5. The van der Waals surface area contributed by atoms with Gasteiger partial charge in [-0.1, -0.05) is 66.1 Å². The molecule has 4 aromatic rings. The molecule has 4 aromatic heterocycles. The third-order valence-electron chi connectivity index (χ3n) is 6.83. The molecular formula is C26H36N8Pt. The largest absolute Gasteiger partial charge is 2.00 e. The van der Waals surface area contributed by atoms with Crippen molar-refractivity contribution in [3.05, 3.63) is 60.4 Å². The van der Waals surface area contributed by atoms with Gasteiger partial charge < -0.3 is 9.36 Å². The van der Waals surface area contributed by atoms with E-state index in [1.165, 1.54) is 0 Å². The van der Waals surface area contributed by atoms with Crippen molar-refractivity contribution >= 4 is 0 Å². The Morgan fingerprint density at radius 3 is 1.20 bits per heavy atom. The molecule has 0 aliphatic rings. The van der Waals surface area contributed by atoms with E-state index in [1.54, 1.807) is 9.36 Å². The summed E-state index contributed by atoms with van der Waals surface area (Å²) in [6.07, 6.45) is 10.4. The van der Waals surface area contributed by atoms with Gasteiger partial charge in [0.05, 0.1) is 22.7 Å². The first-order chi connectivity index (χ1) is 15.6. The van der Waals surface area contributed by atoms with Crippen LogP contribution >= 0.6 is 0 Å². The van der Waals surface area contributed by atoms with Gasteiger partial charge in [0.2, 0.25) is 0 Å². The smallest absolute Gasteiger partial charge is 0.342 e. The van der Waals surface area contributed by atoms with Gasteiger partial charge in [-0.05, 0) is 49.9 Å². The maximum absolute atomic E-state index is 4.86. The second-order valence-corrected chi connectivity index (χ2v) is 12.0. The van der Waals surface area contributed by atoms with E-state index in [-0.39, 0.29) is 31.9 Å². The Balaban J connectivity index is 0.00000342. The number of hydrogen-bond acceptors (Lipinski definition) is 4. The molecule has 4 rings (SSSR count). The molecule has 0 fully saturated rings. The zero-order chi connectivity index (χ0) is 25.1. The molecule has 0 aromatic carbocycles. The van der Waals surface area contributed by atoms with Gasteiger partial charge in [0.15, 0.2) is 0 Å². The number of rotatable bonds is 5. The zero-order valence-electron chi connectivity index (χ0n) is 22.4. The molecule has 0 bridgehead atoms. The summed E-state index contributed by atoms with van der Waals surface area (Å²) in [5.74, 6) is 1.47. The van der Waals surface area contributed by atoms with Crippen LogP contribution in [0, 0.1) is 12.4 Å². The van der Waals surface area contributed by atoms with Crippen LogP contribution in [0.5, 0.6) is 0 Å². The van der Waals surface area contributed by atoms with E-state index in [2.05, 4.69) is 91.8 Å². The Labute approximate surface area is 223 Å². The molecule has 0 saturated carbocycles. The Kier molecular flexibility index (Phi) is 6.88. The van der Waals surface area contributed by atoms with Gasteiger partial charge in [0.1, 0.15) is 0 Å². The van der Waals surface area contributed by atoms with Gasteiger partial charge in [-0.3, -0.25) is 19.6 Å². The van der Waals surface area contributed by atoms with Crippen LogP contribution in [0.2, 0.25) is 0 Å². The summed E-state index contributed by atoms with van der Waals surface area (Å²) < 4.78 is 7.39. The van der Waals surface area contributed by atoms with Gasteiger partial charge in [0.25, 0.3) is 0 Å². The molecule has 4 heterocycles. The fourth-order valence-electron chi connectivity index (χ4n) is 3.58. The van der Waals surface area contributed by atoms with Gasteiger partial charge >= 0.3 is 21.1 Å². The van der Waals surface area contributed by atoms with Crippen LogP contribution in [0.3, 0.4) is 0 Å². The first kappa shape index (κ1) is 27.1. The zero-order valence-corrected chi connectivity index (χ0v) is 24.6. The second kappa shape index (κ2) is 8.88. The van der Waals surface area contributed by atoms with Crippen molar-refractivity contribution in [1.82, 2.24) is 39.1 Å². The van der Waals surface area contributed by atoms with E-state index in [4.69, 9.17) is 10.2 Å². The van der Waals surface area contributed by atoms with E-state index in [0.717, 1.165) is 23.0 Å². The fourth-order valence-corrected chi connectivity index (χ4v) is 3.58. The first-order valence-electron chi connectivity index (χ1n) is 11.7. The average molecular weight is 656 g/mol. The van der Waals surface area contributed by atoms with Crippen LogP contribution in [-0.4, -0.2) is 39.1 Å². The molecule has 9 heteroatoms. The van der Waals surface area contributed by atoms with Crippen LogP contribution < -0.4 is 0 Å². The molecular weight excluding hydrogens is 619 g/mol. The third kappa shape index (κ3) is 4.95. The van der Waals surface area contributed by atoms with Crippen molar-refractivity contribution in [1.29, 1.82) is 0 Å². The Morgan fingerprint density at radius 2 is 0.914 bits per heavy atom. The van der Waals surface area contributed by atoms with Gasteiger partial charge in [-0.2, -0.15) is 0 Å². The van der Waals surface area contributed by atoms with Crippen LogP contribution in [0.1, 0.15) is 80.6 Å². The minimum Gasteiger partial charge on any atom is -0.342 e. The molecule has 0 amide bonds. The number of hydrogen-bond donors (Lipinski definition) is 0. The Hall–Kier alpha value is -2.47. The molecule has 0 aliphatic heterocycles. The third-order valence-corrected chi connectivity index (χ3v) is 6.83. The predicted molar refractivity (Wildman–Crippen MR) is 132 cm³/mol. The van der Waals surface area contributed by atoms with Crippen molar-refractivity contribution < 1.29 is 21.1 Å². The van der Waals surface area contributed by atoms with Crippen LogP contribution in [-0.2, 0) is 43.0 Å². The monoisotopic (exact) mass is 655 g/mol. The van der Waals surface area contributed by atoms with Crippen molar-refractivity contribution in [2.45, 2.75) is 91.1 Å². The average Bonchev–Trinajstić information content (AvgIpc) is 3.53. The van der Waals surface area contributed by atoms with E-state index < -0.39 is 11.1 Å². The summed E-state index contributed by atoms with van der Waals surface area (Å²) in [7, 11) is 0. The van der Waals surface area contributed by atoms with E-state index >= 15 is 0 Å². The molecule has 190 valence electrons. The normalized spacial score (nSPS) is 13.2. The van der Waals surface area contributed by atoms with Gasteiger partial charge in [0, 0.05) is 12.4 Å². The van der Waals surface area contributed by atoms with E-state index in [9.17, 15) is 0 Å². The molecule has 0 unspecified atom stereocenters. The molecule has 0 radical (unpaired) electrons. The van der Waals surface area contributed by atoms with Crippen LogP contribution in [0.15, 0.2) is 36.7 Å². The van der Waals surface area contributed by atoms with Crippen molar-refractivity contribution in [2.75, 3.05) is 0 Å². The van der Waals surface area contributed by atoms with E-state index in [1.807, 2.05) is 46.0 Å². The maximum Gasteiger partial charge on any atom is 2.00 e. The molecule has 0 N–H and O–H groups in total. The molecule has 0 atom stereocenters. The molecule has 35 heavy (non-hydrogen) atoms. The summed E-state index contributed by atoms with van der Waals surface area (Å²) in [5, 5.41) is 19.1. The predicted octanol–water partition coefficient (Wildman–Crippen LogP) is 4.81. The summed E-state index contributed by atoms with van der Waals surface area (Å²) >= 11 is 0. The standard InChI is InChI=1S/C26H36N8.Pt/c1-23(2,3)19-11-15-31(27-19)21-13-17-33(29-21)25(7,8)26(9,10)34-18-14-22(30-34)32-16-12-20(28-32)24(4,5)6;/h11-14,17-18H,1-10H3;/q-2;+2. The van der Waals surface area contributed by atoms with Crippen LogP contribution in [0.4, 0.5) is 0 Å². The SMILES string of the molecule is CC(C)(C)c1c[c-]n(-c2ccn(C(C)(C)C(C)(C)n3ccc(-n4[c-]cc(C(C)(C)C)n4)n3)n2)n1.[Pt+2]. The minimum atomic E-state index is -0.404. The number of aromatic nitrogens is 8. The Morgan fingerprint density at radius 1 is 0.571 bits per heavy atom. The van der Waals surface area contributed by atoms with Crippen molar-refractivity contribution in [3.63, 3.8) is 0 Å². The van der Waals surface area contributed by atoms with Crippen LogP contribution in [0.25, 0.3) is 11.6 Å². The summed E-state index contributed by atoms with van der Waals surface area (Å²) in [4.78, 5) is 0. The first-order valence-corrected chi connectivity index (χ1v) is 11.7. The molecule has 0 aliphatic carbocycles. The molecule has 0 saturated heterocycles. The minimum absolute atomic E-state index is 0. The summed E-state index contributed by atoms with van der Waals surface area (Å²) in [5.41, 5.74) is 1.08. The molecule has 0 spiro atoms. The maximum atomic E-state index is 4.86. The quantitative estimate of drug-likeness (QED) is 0.290. The summed E-state index contributed by atoms with van der Waals surface area (Å²) in [6, 6.07) is 7.79. The Bertz CT molecular complexity index is 1190. The molecule has 8 nitrogen and oxygen atoms in total. The topological polar surface area (TPSA) is 71.3 Å². The van der Waals surface area contributed by atoms with E-state index in [0.29, 0.717) is 0 Å². The van der Waals surface area contributed by atoms with Gasteiger partial charge in [-0.15, -0.1) is 12.1 Å².